The molecule has 0 atom stereocenters. The van der Waals surface area contributed by atoms with E-state index in [0.717, 1.165) is 11.8 Å². The fourth-order valence-corrected chi connectivity index (χ4v) is 2.91. The van der Waals surface area contributed by atoms with Crippen LogP contribution < -0.4 is 10.5 Å². The minimum atomic E-state index is -4.60. The number of nitrogens with two attached hydrogens (primary N) is 1. The molecule has 3 rings (SSSR count). The van der Waals surface area contributed by atoms with Crippen LogP contribution in [0.1, 0.15) is 0 Å². The first-order chi connectivity index (χ1) is 13.3. The van der Waals surface area contributed by atoms with Gasteiger partial charge in [-0.05, 0) is 42.5 Å². The van der Waals surface area contributed by atoms with Crippen molar-refractivity contribution in [2.45, 2.75) is 4.90 Å². The fraction of sp³-hybridized carbons (Fsp3) is 0. The molecule has 0 radical (unpaired) electrons. The Morgan fingerprint density at radius 2 is 1.46 bits per heavy atom. The van der Waals surface area contributed by atoms with Crippen LogP contribution in [0, 0.1) is 0 Å². The molecule has 3 aromatic rings. The van der Waals surface area contributed by atoms with Crippen molar-refractivity contribution in [1.29, 1.82) is 0 Å². The lowest BCUT2D eigenvalue weighted by Gasteiger charge is -2.09. The molecule has 0 saturated heterocycles. The van der Waals surface area contributed by atoms with Crippen LogP contribution >= 0.6 is 0 Å². The monoisotopic (exact) mass is 420 g/mol. The maximum atomic E-state index is 11.4. The third kappa shape index (κ3) is 6.83. The molecule has 0 aromatic heterocycles. The van der Waals surface area contributed by atoms with E-state index in [9.17, 15) is 21.4 Å². The third-order valence-electron chi connectivity index (χ3n) is 3.16. The van der Waals surface area contributed by atoms with E-state index >= 15 is 0 Å². The Hall–Kier alpha value is -3.21. The highest BCUT2D eigenvalue weighted by Crippen LogP contribution is 2.32. The summed E-state index contributed by atoms with van der Waals surface area (Å²) < 4.78 is 61.4. The zero-order chi connectivity index (χ0) is 20.6. The zero-order valence-electron chi connectivity index (χ0n) is 14.3. The molecule has 0 aliphatic rings. The van der Waals surface area contributed by atoms with E-state index in [4.69, 9.17) is 10.5 Å². The van der Waals surface area contributed by atoms with Crippen LogP contribution in [0.5, 0.6) is 11.5 Å². The van der Waals surface area contributed by atoms with E-state index in [-0.39, 0.29) is 11.4 Å². The molecular weight excluding hydrogens is 404 g/mol. The maximum Gasteiger partial charge on any atom is 0.316 e. The second-order valence-corrected chi connectivity index (χ2v) is 7.25. The first-order valence-corrected chi connectivity index (χ1v) is 10.2. The zero-order valence-corrected chi connectivity index (χ0v) is 16.0. The van der Waals surface area contributed by atoms with E-state index in [2.05, 4.69) is 4.36 Å². The van der Waals surface area contributed by atoms with Gasteiger partial charge in [-0.25, -0.2) is 0 Å². The number of anilines is 1. The van der Waals surface area contributed by atoms with Gasteiger partial charge in [0.2, 0.25) is 0 Å². The molecule has 146 valence electrons. The van der Waals surface area contributed by atoms with Gasteiger partial charge in [0.15, 0.2) is 0 Å². The van der Waals surface area contributed by atoms with Crippen LogP contribution in [0.15, 0.2) is 88.1 Å². The summed E-state index contributed by atoms with van der Waals surface area (Å²) in [6.45, 7) is 0. The van der Waals surface area contributed by atoms with Gasteiger partial charge >= 0.3 is 10.5 Å². The highest BCUT2D eigenvalue weighted by molar-refractivity contribution is 7.86. The summed E-state index contributed by atoms with van der Waals surface area (Å²) >= 11 is 0. The van der Waals surface area contributed by atoms with Crippen molar-refractivity contribution in [2.24, 2.45) is 4.36 Å². The molecule has 8 nitrogen and oxygen atoms in total. The molecule has 3 aromatic carbocycles. The predicted octanol–water partition coefficient (Wildman–Crippen LogP) is 3.69. The minimum Gasteiger partial charge on any atom is -0.456 e. The van der Waals surface area contributed by atoms with Crippen molar-refractivity contribution < 1.29 is 26.1 Å². The summed E-state index contributed by atoms with van der Waals surface area (Å²) in [6.07, 6.45) is 0. The van der Waals surface area contributed by atoms with Gasteiger partial charge in [0.1, 0.15) is 16.4 Å². The van der Waals surface area contributed by atoms with Gasteiger partial charge < -0.3 is 10.5 Å². The van der Waals surface area contributed by atoms with Crippen LogP contribution in [0.2, 0.25) is 0 Å². The summed E-state index contributed by atoms with van der Waals surface area (Å²) in [7, 11) is -7.34. The molecule has 28 heavy (non-hydrogen) atoms. The Morgan fingerprint density at radius 1 is 0.893 bits per heavy atom. The van der Waals surface area contributed by atoms with Crippen LogP contribution in [0.3, 0.4) is 0 Å². The van der Waals surface area contributed by atoms with E-state index in [1.165, 1.54) is 12.1 Å². The topological polar surface area (TPSA) is 136 Å². The largest absolute Gasteiger partial charge is 0.456 e. The molecule has 0 bridgehead atoms. The fourth-order valence-electron chi connectivity index (χ4n) is 1.99. The van der Waals surface area contributed by atoms with Crippen molar-refractivity contribution in [1.82, 2.24) is 0 Å². The number of rotatable bonds is 4. The number of hydrogen-bond acceptors (Lipinski definition) is 7. The molecular formula is C18H16N2O6S2. The number of nitrogen functional groups attached to an aromatic ring is 1. The molecule has 3 N–H and O–H groups in total. The minimum absolute atomic E-state index is 0.140. The average molecular weight is 420 g/mol. The standard InChI is InChI=1S/C12H9NO6S2.C6H7N/c14-20(15)13-9-6-7-11(12(8-9)21(16,17)18)19-10-4-2-1-3-5-10;7-6-4-2-1-3-5-6/h1-8H,(H,16,17,18);1-5H,7H2. The lowest BCUT2D eigenvalue weighted by atomic mass is 10.3. The lowest BCUT2D eigenvalue weighted by Crippen LogP contribution is -2.01. The second kappa shape index (κ2) is 9.65. The smallest absolute Gasteiger partial charge is 0.316 e. The second-order valence-electron chi connectivity index (χ2n) is 5.24. The third-order valence-corrected chi connectivity index (χ3v) is 4.39. The average Bonchev–Trinajstić information content (AvgIpc) is 2.64. The van der Waals surface area contributed by atoms with Crippen LogP contribution in [0.4, 0.5) is 11.4 Å². The molecule has 0 fully saturated rings. The molecule has 0 spiro atoms. The van der Waals surface area contributed by atoms with Crippen LogP contribution in [-0.2, 0) is 20.6 Å². The summed E-state index contributed by atoms with van der Waals surface area (Å²) in [5.41, 5.74) is 6.04. The van der Waals surface area contributed by atoms with Crippen LogP contribution in [0.25, 0.3) is 0 Å². The van der Waals surface area contributed by atoms with E-state index in [1.54, 1.807) is 30.3 Å². The van der Waals surface area contributed by atoms with Gasteiger partial charge in [-0.1, -0.05) is 36.4 Å². The van der Waals surface area contributed by atoms with E-state index < -0.39 is 25.5 Å². The van der Waals surface area contributed by atoms with Crippen molar-refractivity contribution >= 4 is 32.0 Å². The lowest BCUT2D eigenvalue weighted by molar-refractivity contribution is 0.450. The van der Waals surface area contributed by atoms with Gasteiger partial charge in [-0.2, -0.15) is 16.8 Å². The molecule has 0 aliphatic heterocycles. The van der Waals surface area contributed by atoms with E-state index in [1.807, 2.05) is 30.3 Å². The Bertz CT molecular complexity index is 1160. The number of nitrogens with zero attached hydrogens (tertiary/aromatic N) is 1. The van der Waals surface area contributed by atoms with E-state index in [0.29, 0.717) is 5.75 Å². The quantitative estimate of drug-likeness (QED) is 0.485. The highest BCUT2D eigenvalue weighted by Gasteiger charge is 2.18. The summed E-state index contributed by atoms with van der Waals surface area (Å²) in [5.74, 6) is 0.221. The molecule has 0 heterocycles. The van der Waals surface area contributed by atoms with Crippen molar-refractivity contribution in [2.75, 3.05) is 5.73 Å². The highest BCUT2D eigenvalue weighted by atomic mass is 32.2. The molecule has 10 heteroatoms. The number of ether oxygens (including phenoxy) is 1. The summed E-state index contributed by atoms with van der Waals surface area (Å²) in [6, 6.07) is 21.2. The molecule has 0 aliphatic carbocycles. The van der Waals surface area contributed by atoms with Gasteiger partial charge in [0.05, 0.1) is 5.69 Å². The van der Waals surface area contributed by atoms with Gasteiger partial charge in [-0.15, -0.1) is 4.36 Å². The Morgan fingerprint density at radius 3 is 1.93 bits per heavy atom. The van der Waals surface area contributed by atoms with Crippen molar-refractivity contribution in [3.63, 3.8) is 0 Å². The predicted molar refractivity (Wildman–Crippen MR) is 105 cm³/mol. The Balaban J connectivity index is 0.000000336. The van der Waals surface area contributed by atoms with Crippen LogP contribution in [-0.4, -0.2) is 21.4 Å². The number of hydrogen-bond donors (Lipinski definition) is 2. The Kier molecular flexibility index (Phi) is 7.27. The molecule has 0 saturated carbocycles. The number of para-hydroxylation sites is 2. The first-order valence-electron chi connectivity index (χ1n) is 7.72. The first kappa shape index (κ1) is 21.1. The van der Waals surface area contributed by atoms with Gasteiger partial charge in [-0.3, -0.25) is 4.55 Å². The molecule has 0 amide bonds. The Labute approximate surface area is 163 Å². The van der Waals surface area contributed by atoms with Crippen molar-refractivity contribution in [3.05, 3.63) is 78.9 Å². The van der Waals surface area contributed by atoms with Gasteiger partial charge in [0.25, 0.3) is 10.1 Å². The SMILES string of the molecule is Nc1ccccc1.O=S(=O)=Nc1ccc(Oc2ccccc2)c(S(=O)(=O)O)c1. The maximum absolute atomic E-state index is 11.4. The van der Waals surface area contributed by atoms with Gasteiger partial charge in [0, 0.05) is 5.69 Å². The number of benzene rings is 3. The van der Waals surface area contributed by atoms with Crippen molar-refractivity contribution in [3.8, 4) is 11.5 Å². The normalized spacial score (nSPS) is 10.3. The summed E-state index contributed by atoms with van der Waals surface area (Å²) in [5, 5.41) is 0. The summed E-state index contributed by atoms with van der Waals surface area (Å²) in [4.78, 5) is -0.571. The molecule has 0 unspecified atom stereocenters.